The normalized spacial score (nSPS) is 37.6. The lowest BCUT2D eigenvalue weighted by Crippen LogP contribution is -2.44. The van der Waals surface area contributed by atoms with E-state index in [9.17, 15) is 0 Å². The van der Waals surface area contributed by atoms with E-state index in [2.05, 4.69) is 11.8 Å². The number of nitrogens with zero attached hydrogens (tertiary/aromatic N) is 1. The van der Waals surface area contributed by atoms with E-state index in [0.717, 1.165) is 25.2 Å². The first kappa shape index (κ1) is 9.47. The SMILES string of the molecule is C[C@H]1CC[C@H](N2CCOCC2)CC1. The van der Waals surface area contributed by atoms with Crippen molar-refractivity contribution in [3.63, 3.8) is 0 Å². The monoisotopic (exact) mass is 183 g/mol. The largest absolute Gasteiger partial charge is 0.379 e. The van der Waals surface area contributed by atoms with Crippen LogP contribution in [0.4, 0.5) is 0 Å². The standard InChI is InChI=1S/C11H21NO/c1-10-2-4-11(5-3-10)12-6-8-13-9-7-12/h10-11H,2-9H2,1H3/t10-,11-. The fourth-order valence-corrected chi connectivity index (χ4v) is 2.55. The molecular formula is C11H21NO. The average molecular weight is 183 g/mol. The lowest BCUT2D eigenvalue weighted by molar-refractivity contribution is 0.00559. The maximum atomic E-state index is 5.37. The molecule has 1 aliphatic heterocycles. The van der Waals surface area contributed by atoms with Crippen molar-refractivity contribution < 1.29 is 4.74 Å². The van der Waals surface area contributed by atoms with Gasteiger partial charge >= 0.3 is 0 Å². The van der Waals surface area contributed by atoms with Crippen molar-refractivity contribution in [3.8, 4) is 0 Å². The topological polar surface area (TPSA) is 12.5 Å². The number of ether oxygens (including phenoxy) is 1. The summed E-state index contributed by atoms with van der Waals surface area (Å²) in [6, 6.07) is 0.875. The van der Waals surface area contributed by atoms with Crippen LogP contribution in [0.3, 0.4) is 0 Å². The van der Waals surface area contributed by atoms with Gasteiger partial charge in [-0.05, 0) is 31.6 Å². The molecular weight excluding hydrogens is 162 g/mol. The van der Waals surface area contributed by atoms with Crippen molar-refractivity contribution in [2.24, 2.45) is 5.92 Å². The van der Waals surface area contributed by atoms with Gasteiger partial charge in [-0.3, -0.25) is 4.90 Å². The summed E-state index contributed by atoms with van der Waals surface area (Å²) in [4.78, 5) is 2.63. The zero-order valence-electron chi connectivity index (χ0n) is 8.67. The van der Waals surface area contributed by atoms with Gasteiger partial charge in [0.25, 0.3) is 0 Å². The van der Waals surface area contributed by atoms with Gasteiger partial charge in [0.05, 0.1) is 13.2 Å². The smallest absolute Gasteiger partial charge is 0.0594 e. The second kappa shape index (κ2) is 4.43. The zero-order chi connectivity index (χ0) is 9.10. The molecule has 1 saturated carbocycles. The van der Waals surface area contributed by atoms with Gasteiger partial charge in [0.15, 0.2) is 0 Å². The third-order valence-electron chi connectivity index (χ3n) is 3.55. The minimum Gasteiger partial charge on any atom is -0.379 e. The lowest BCUT2D eigenvalue weighted by Gasteiger charge is -2.38. The Morgan fingerprint density at radius 2 is 1.62 bits per heavy atom. The van der Waals surface area contributed by atoms with E-state index in [1.54, 1.807) is 0 Å². The van der Waals surface area contributed by atoms with Crippen LogP contribution < -0.4 is 0 Å². The molecule has 76 valence electrons. The Morgan fingerprint density at radius 1 is 1.00 bits per heavy atom. The molecule has 2 aliphatic rings. The quantitative estimate of drug-likeness (QED) is 0.615. The molecule has 1 heterocycles. The fraction of sp³-hybridized carbons (Fsp3) is 1.00. The van der Waals surface area contributed by atoms with Crippen molar-refractivity contribution in [1.29, 1.82) is 0 Å². The summed E-state index contributed by atoms with van der Waals surface area (Å²) in [5.74, 6) is 0.970. The third kappa shape index (κ3) is 2.44. The summed E-state index contributed by atoms with van der Waals surface area (Å²) >= 11 is 0. The molecule has 2 heteroatoms. The van der Waals surface area contributed by atoms with Crippen molar-refractivity contribution in [3.05, 3.63) is 0 Å². The van der Waals surface area contributed by atoms with Crippen LogP contribution in [0, 0.1) is 5.92 Å². The van der Waals surface area contributed by atoms with Crippen LogP contribution >= 0.6 is 0 Å². The second-order valence-electron chi connectivity index (χ2n) is 4.56. The zero-order valence-corrected chi connectivity index (χ0v) is 8.67. The van der Waals surface area contributed by atoms with Crippen LogP contribution in [0.1, 0.15) is 32.6 Å². The molecule has 1 aliphatic carbocycles. The van der Waals surface area contributed by atoms with E-state index >= 15 is 0 Å². The van der Waals surface area contributed by atoms with Gasteiger partial charge in [-0.25, -0.2) is 0 Å². The molecule has 0 N–H and O–H groups in total. The molecule has 0 aromatic carbocycles. The first-order chi connectivity index (χ1) is 6.36. The summed E-state index contributed by atoms with van der Waals surface area (Å²) in [7, 11) is 0. The minimum atomic E-state index is 0.875. The molecule has 0 atom stereocenters. The van der Waals surface area contributed by atoms with E-state index in [1.165, 1.54) is 38.8 Å². The average Bonchev–Trinajstić information content (AvgIpc) is 2.20. The molecule has 0 radical (unpaired) electrons. The first-order valence-electron chi connectivity index (χ1n) is 5.68. The highest BCUT2D eigenvalue weighted by atomic mass is 16.5. The van der Waals surface area contributed by atoms with Gasteiger partial charge in [-0.15, -0.1) is 0 Å². The Labute approximate surface area is 81.3 Å². The van der Waals surface area contributed by atoms with Crippen LogP contribution in [0.5, 0.6) is 0 Å². The predicted molar refractivity (Wildman–Crippen MR) is 53.8 cm³/mol. The van der Waals surface area contributed by atoms with E-state index in [-0.39, 0.29) is 0 Å². The predicted octanol–water partition coefficient (Wildman–Crippen LogP) is 1.90. The molecule has 2 rings (SSSR count). The van der Waals surface area contributed by atoms with Crippen molar-refractivity contribution >= 4 is 0 Å². The Hall–Kier alpha value is -0.0800. The van der Waals surface area contributed by atoms with Gasteiger partial charge in [0, 0.05) is 19.1 Å². The van der Waals surface area contributed by atoms with Gasteiger partial charge in [0.1, 0.15) is 0 Å². The maximum absolute atomic E-state index is 5.37. The summed E-state index contributed by atoms with van der Waals surface area (Å²) in [5, 5.41) is 0. The van der Waals surface area contributed by atoms with Crippen LogP contribution in [-0.4, -0.2) is 37.2 Å². The van der Waals surface area contributed by atoms with Crippen molar-refractivity contribution in [2.45, 2.75) is 38.6 Å². The second-order valence-corrected chi connectivity index (χ2v) is 4.56. The Morgan fingerprint density at radius 3 is 2.23 bits per heavy atom. The molecule has 2 fully saturated rings. The summed E-state index contributed by atoms with van der Waals surface area (Å²) in [6.45, 7) is 6.62. The molecule has 2 nitrogen and oxygen atoms in total. The Kier molecular flexibility index (Phi) is 3.23. The van der Waals surface area contributed by atoms with E-state index < -0.39 is 0 Å². The summed E-state index contributed by atoms with van der Waals surface area (Å²) in [6.07, 6.45) is 5.70. The molecule has 0 unspecified atom stereocenters. The van der Waals surface area contributed by atoms with Gasteiger partial charge in [-0.1, -0.05) is 6.92 Å². The van der Waals surface area contributed by atoms with E-state index in [0.29, 0.717) is 0 Å². The molecule has 0 amide bonds. The highest BCUT2D eigenvalue weighted by Crippen LogP contribution is 2.27. The highest BCUT2D eigenvalue weighted by Gasteiger charge is 2.24. The number of hydrogen-bond acceptors (Lipinski definition) is 2. The Balaban J connectivity index is 1.79. The highest BCUT2D eigenvalue weighted by molar-refractivity contribution is 4.79. The molecule has 0 aromatic heterocycles. The third-order valence-corrected chi connectivity index (χ3v) is 3.55. The van der Waals surface area contributed by atoms with Crippen LogP contribution in [0.25, 0.3) is 0 Å². The van der Waals surface area contributed by atoms with Crippen LogP contribution in [-0.2, 0) is 4.74 Å². The molecule has 13 heavy (non-hydrogen) atoms. The minimum absolute atomic E-state index is 0.875. The van der Waals surface area contributed by atoms with Crippen LogP contribution in [0.2, 0.25) is 0 Å². The van der Waals surface area contributed by atoms with Crippen LogP contribution in [0.15, 0.2) is 0 Å². The number of rotatable bonds is 1. The van der Waals surface area contributed by atoms with Crippen molar-refractivity contribution in [2.75, 3.05) is 26.3 Å². The summed E-state index contributed by atoms with van der Waals surface area (Å²) in [5.41, 5.74) is 0. The maximum Gasteiger partial charge on any atom is 0.0594 e. The number of morpholine rings is 1. The first-order valence-corrected chi connectivity index (χ1v) is 5.68. The number of hydrogen-bond donors (Lipinski definition) is 0. The van der Waals surface area contributed by atoms with E-state index in [4.69, 9.17) is 4.74 Å². The van der Waals surface area contributed by atoms with Gasteiger partial charge in [-0.2, -0.15) is 0 Å². The molecule has 0 spiro atoms. The molecule has 0 bridgehead atoms. The van der Waals surface area contributed by atoms with Crippen molar-refractivity contribution in [1.82, 2.24) is 4.90 Å². The van der Waals surface area contributed by atoms with Gasteiger partial charge in [0.2, 0.25) is 0 Å². The van der Waals surface area contributed by atoms with Gasteiger partial charge < -0.3 is 4.74 Å². The lowest BCUT2D eigenvalue weighted by atomic mass is 9.86. The molecule has 0 aromatic rings. The Bertz CT molecular complexity index is 146. The fourth-order valence-electron chi connectivity index (χ4n) is 2.55. The summed E-state index contributed by atoms with van der Waals surface area (Å²) < 4.78 is 5.37. The van der Waals surface area contributed by atoms with E-state index in [1.807, 2.05) is 0 Å². The molecule has 1 saturated heterocycles.